The Morgan fingerprint density at radius 1 is 0.968 bits per heavy atom. The maximum absolute atomic E-state index is 12.5. The number of rotatable bonds is 6. The third-order valence-electron chi connectivity index (χ3n) is 5.69. The van der Waals surface area contributed by atoms with Crippen LogP contribution in [-0.2, 0) is 6.54 Å². The van der Waals surface area contributed by atoms with Crippen LogP contribution in [0.5, 0.6) is 5.75 Å². The Bertz CT molecular complexity index is 1250. The Morgan fingerprint density at radius 2 is 1.68 bits per heavy atom. The molecule has 4 rings (SSSR count). The number of hydrogen-bond acceptors (Lipinski definition) is 2. The van der Waals surface area contributed by atoms with Crippen LogP contribution in [0.25, 0.3) is 22.0 Å². The van der Waals surface area contributed by atoms with Gasteiger partial charge in [-0.15, -0.1) is 0 Å². The third-order valence-corrected chi connectivity index (χ3v) is 7.75. The number of benzene rings is 3. The minimum absolute atomic E-state index is 0.310. The van der Waals surface area contributed by atoms with E-state index >= 15 is 0 Å². The first-order valence-corrected chi connectivity index (χ1v) is 13.9. The molecule has 0 aliphatic carbocycles. The molecule has 0 saturated carbocycles. The van der Waals surface area contributed by atoms with Crippen LogP contribution in [0.3, 0.4) is 0 Å². The molecule has 0 aliphatic rings. The van der Waals surface area contributed by atoms with E-state index < -0.39 is 14.0 Å². The second-order valence-electron chi connectivity index (χ2n) is 8.81. The lowest BCUT2D eigenvalue weighted by Gasteiger charge is -2.17. The highest BCUT2D eigenvalue weighted by atomic mass is 28.3. The lowest BCUT2D eigenvalue weighted by molar-refractivity contribution is 0.0687. The number of aromatic nitrogens is 1. The van der Waals surface area contributed by atoms with Crippen molar-refractivity contribution in [1.82, 2.24) is 4.57 Å². The topological polar surface area (TPSA) is 51.5 Å². The zero-order valence-electron chi connectivity index (χ0n) is 18.3. The number of nitrogens with zero attached hydrogens (tertiary/aromatic N) is 1. The van der Waals surface area contributed by atoms with E-state index in [1.165, 1.54) is 5.19 Å². The average Bonchev–Trinajstić information content (AvgIpc) is 3.08. The van der Waals surface area contributed by atoms with E-state index in [0.29, 0.717) is 12.2 Å². The first kappa shape index (κ1) is 20.9. The molecule has 0 spiro atoms. The monoisotopic (exact) mass is 429 g/mol. The van der Waals surface area contributed by atoms with E-state index in [1.807, 2.05) is 53.1 Å². The molecule has 0 amide bonds. The van der Waals surface area contributed by atoms with Gasteiger partial charge in [0.15, 0.2) is 0 Å². The molecule has 0 radical (unpaired) electrons. The van der Waals surface area contributed by atoms with Crippen molar-refractivity contribution in [2.45, 2.75) is 26.2 Å². The fraction of sp³-hybridized carbons (Fsp3) is 0.192. The van der Waals surface area contributed by atoms with Gasteiger partial charge < -0.3 is 14.4 Å². The van der Waals surface area contributed by atoms with Crippen LogP contribution < -0.4 is 9.92 Å². The number of para-hydroxylation sites is 1. The molecule has 5 heteroatoms. The van der Waals surface area contributed by atoms with Gasteiger partial charge in [0.2, 0.25) is 0 Å². The zero-order chi connectivity index (χ0) is 22.2. The van der Waals surface area contributed by atoms with Crippen molar-refractivity contribution in [3.05, 3.63) is 84.1 Å². The fourth-order valence-electron chi connectivity index (χ4n) is 4.07. The van der Waals surface area contributed by atoms with Gasteiger partial charge in [-0.05, 0) is 29.3 Å². The molecule has 0 bridgehead atoms. The van der Waals surface area contributed by atoms with Crippen LogP contribution in [0.4, 0.5) is 0 Å². The van der Waals surface area contributed by atoms with Crippen LogP contribution >= 0.6 is 0 Å². The van der Waals surface area contributed by atoms with Crippen LogP contribution in [0.15, 0.2) is 72.8 Å². The van der Waals surface area contributed by atoms with Crippen molar-refractivity contribution >= 4 is 30.1 Å². The van der Waals surface area contributed by atoms with Crippen molar-refractivity contribution < 1.29 is 14.6 Å². The van der Waals surface area contributed by atoms with E-state index in [-0.39, 0.29) is 0 Å². The summed E-state index contributed by atoms with van der Waals surface area (Å²) >= 11 is 0. The van der Waals surface area contributed by atoms with Gasteiger partial charge in [-0.1, -0.05) is 79.4 Å². The van der Waals surface area contributed by atoms with E-state index in [9.17, 15) is 9.90 Å². The standard InChI is InChI=1S/C26H27NO3Si/c1-30-20-9-7-8-18(16-20)17-27-23-11-6-5-10-22(23)24(25(27)26(28)29)19-12-14-21(15-13-19)31(2,3)4/h5-16H,17H2,1-4H3,(H,28,29). The van der Waals surface area contributed by atoms with Gasteiger partial charge in [-0.25, -0.2) is 4.79 Å². The SMILES string of the molecule is COc1cccc(Cn2c(C(=O)O)c(-c3ccc([Si](C)(C)C)cc3)c3ccccc32)c1. The van der Waals surface area contributed by atoms with Crippen LogP contribution in [-0.4, -0.2) is 30.8 Å². The molecule has 0 atom stereocenters. The summed E-state index contributed by atoms with van der Waals surface area (Å²) in [5.41, 5.74) is 3.91. The molecule has 0 aliphatic heterocycles. The van der Waals surface area contributed by atoms with Crippen molar-refractivity contribution in [2.24, 2.45) is 0 Å². The molecule has 1 N–H and O–H groups in total. The Hall–Kier alpha value is -3.31. The molecular formula is C26H27NO3Si. The molecule has 4 nitrogen and oxygen atoms in total. The normalized spacial score (nSPS) is 11.6. The maximum atomic E-state index is 12.5. The van der Waals surface area contributed by atoms with E-state index in [1.54, 1.807) is 7.11 Å². The highest BCUT2D eigenvalue weighted by molar-refractivity contribution is 6.88. The molecule has 31 heavy (non-hydrogen) atoms. The van der Waals surface area contributed by atoms with Crippen molar-refractivity contribution in [1.29, 1.82) is 0 Å². The smallest absolute Gasteiger partial charge is 0.353 e. The van der Waals surface area contributed by atoms with Gasteiger partial charge in [-0.2, -0.15) is 0 Å². The molecule has 0 saturated heterocycles. The van der Waals surface area contributed by atoms with Gasteiger partial charge in [0, 0.05) is 23.0 Å². The number of hydrogen-bond donors (Lipinski definition) is 1. The lowest BCUT2D eigenvalue weighted by atomic mass is 10.0. The first-order valence-electron chi connectivity index (χ1n) is 10.4. The van der Waals surface area contributed by atoms with Gasteiger partial charge >= 0.3 is 5.97 Å². The number of carbonyl (C=O) groups is 1. The van der Waals surface area contributed by atoms with Gasteiger partial charge in [-0.3, -0.25) is 0 Å². The van der Waals surface area contributed by atoms with Crippen LogP contribution in [0.2, 0.25) is 19.6 Å². The number of aromatic carboxylic acids is 1. The summed E-state index contributed by atoms with van der Waals surface area (Å²) in [5.74, 6) is -0.170. The first-order chi connectivity index (χ1) is 14.8. The second-order valence-corrected chi connectivity index (χ2v) is 13.9. The molecule has 158 valence electrons. The minimum atomic E-state index is -1.43. The Balaban J connectivity index is 1.92. The number of fused-ring (bicyclic) bond motifs is 1. The van der Waals surface area contributed by atoms with Gasteiger partial charge in [0.1, 0.15) is 11.4 Å². The van der Waals surface area contributed by atoms with Crippen LogP contribution in [0, 0.1) is 0 Å². The fourth-order valence-corrected chi connectivity index (χ4v) is 5.24. The number of ether oxygens (including phenoxy) is 1. The Kier molecular flexibility index (Phi) is 5.46. The molecule has 1 heterocycles. The van der Waals surface area contributed by atoms with Gasteiger partial charge in [0.25, 0.3) is 0 Å². The summed E-state index contributed by atoms with van der Waals surface area (Å²) in [6, 6.07) is 24.1. The second kappa shape index (κ2) is 8.08. The summed E-state index contributed by atoms with van der Waals surface area (Å²) in [6.07, 6.45) is 0. The molecular weight excluding hydrogens is 402 g/mol. The zero-order valence-corrected chi connectivity index (χ0v) is 19.3. The summed E-state index contributed by atoms with van der Waals surface area (Å²) in [5, 5.41) is 12.5. The number of methoxy groups -OCH3 is 1. The number of carboxylic acids is 1. The Morgan fingerprint density at radius 3 is 2.32 bits per heavy atom. The molecule has 0 unspecified atom stereocenters. The number of carboxylic acid groups (broad SMARTS) is 1. The van der Waals surface area contributed by atoms with E-state index in [0.717, 1.165) is 33.3 Å². The summed E-state index contributed by atoms with van der Waals surface area (Å²) in [6.45, 7) is 7.38. The van der Waals surface area contributed by atoms with E-state index in [2.05, 4.69) is 43.9 Å². The maximum Gasteiger partial charge on any atom is 0.353 e. The van der Waals surface area contributed by atoms with Crippen molar-refractivity contribution in [2.75, 3.05) is 7.11 Å². The molecule has 0 fully saturated rings. The van der Waals surface area contributed by atoms with Gasteiger partial charge in [0.05, 0.1) is 15.2 Å². The quantitative estimate of drug-likeness (QED) is 0.405. The lowest BCUT2D eigenvalue weighted by Crippen LogP contribution is -2.37. The van der Waals surface area contributed by atoms with Crippen molar-refractivity contribution in [3.63, 3.8) is 0 Å². The summed E-state index contributed by atoms with van der Waals surface area (Å²) in [7, 11) is 0.199. The average molecular weight is 430 g/mol. The van der Waals surface area contributed by atoms with E-state index in [4.69, 9.17) is 4.74 Å². The molecule has 1 aromatic heterocycles. The molecule has 3 aromatic carbocycles. The summed E-state index contributed by atoms with van der Waals surface area (Å²) < 4.78 is 7.25. The van der Waals surface area contributed by atoms with Crippen molar-refractivity contribution in [3.8, 4) is 16.9 Å². The largest absolute Gasteiger partial charge is 0.497 e. The Labute approximate surface area is 183 Å². The van der Waals surface area contributed by atoms with Crippen LogP contribution in [0.1, 0.15) is 16.1 Å². The minimum Gasteiger partial charge on any atom is -0.497 e. The molecule has 4 aromatic rings. The highest BCUT2D eigenvalue weighted by Crippen LogP contribution is 2.35. The third kappa shape index (κ3) is 4.01. The summed E-state index contributed by atoms with van der Waals surface area (Å²) in [4.78, 5) is 12.5. The highest BCUT2D eigenvalue weighted by Gasteiger charge is 2.24. The predicted molar refractivity (Wildman–Crippen MR) is 129 cm³/mol. The predicted octanol–water partition coefficient (Wildman–Crippen LogP) is 5.61.